The van der Waals surface area contributed by atoms with Crippen LogP contribution < -0.4 is 5.32 Å². The van der Waals surface area contributed by atoms with Crippen LogP contribution in [0.1, 0.15) is 25.3 Å². The molecule has 0 aliphatic carbocycles. The summed E-state index contributed by atoms with van der Waals surface area (Å²) in [4.78, 5) is 2.38. The molecule has 1 atom stereocenters. The van der Waals surface area contributed by atoms with Crippen LogP contribution in [0.5, 0.6) is 0 Å². The quantitative estimate of drug-likeness (QED) is 0.913. The number of benzene rings is 1. The summed E-state index contributed by atoms with van der Waals surface area (Å²) in [7, 11) is 2.18. The first-order valence-corrected chi connectivity index (χ1v) is 7.30. The van der Waals surface area contributed by atoms with Gasteiger partial charge in [-0.3, -0.25) is 0 Å². The molecule has 1 heterocycles. The smallest absolute Gasteiger partial charge is 0.141 e. The molecule has 1 N–H and O–H groups in total. The molecule has 1 aliphatic rings. The SMILES string of the molecule is CC(NCc1ccc(F)c(Cl)c1)C1CCN(C)CC1. The van der Waals surface area contributed by atoms with E-state index in [1.54, 1.807) is 12.1 Å². The predicted molar refractivity (Wildman–Crippen MR) is 77.9 cm³/mol. The Balaban J connectivity index is 1.82. The Morgan fingerprint density at radius 3 is 2.74 bits per heavy atom. The Bertz CT molecular complexity index is 417. The van der Waals surface area contributed by atoms with Gasteiger partial charge < -0.3 is 10.2 Å². The minimum Gasteiger partial charge on any atom is -0.310 e. The molecule has 1 fully saturated rings. The molecular formula is C15H22ClFN2. The number of halogens is 2. The maximum absolute atomic E-state index is 13.1. The minimum atomic E-state index is -0.353. The summed E-state index contributed by atoms with van der Waals surface area (Å²) >= 11 is 5.79. The summed E-state index contributed by atoms with van der Waals surface area (Å²) in [6.45, 7) is 5.34. The third-order valence-corrected chi connectivity index (χ3v) is 4.37. The molecule has 0 aromatic heterocycles. The van der Waals surface area contributed by atoms with Gasteiger partial charge in [0.2, 0.25) is 0 Å². The van der Waals surface area contributed by atoms with Crippen molar-refractivity contribution in [3.8, 4) is 0 Å². The van der Waals surface area contributed by atoms with E-state index in [4.69, 9.17) is 11.6 Å². The fraction of sp³-hybridized carbons (Fsp3) is 0.600. The lowest BCUT2D eigenvalue weighted by Gasteiger charge is -2.33. The number of hydrogen-bond acceptors (Lipinski definition) is 2. The van der Waals surface area contributed by atoms with Gasteiger partial charge in [-0.15, -0.1) is 0 Å². The van der Waals surface area contributed by atoms with E-state index in [2.05, 4.69) is 24.2 Å². The summed E-state index contributed by atoms with van der Waals surface area (Å²) < 4.78 is 13.1. The number of nitrogens with one attached hydrogen (secondary N) is 1. The van der Waals surface area contributed by atoms with E-state index in [1.807, 2.05) is 0 Å². The normalized spacial score (nSPS) is 19.6. The summed E-state index contributed by atoms with van der Waals surface area (Å²) in [5, 5.41) is 3.73. The Kier molecular flexibility index (Phi) is 5.20. The topological polar surface area (TPSA) is 15.3 Å². The Morgan fingerprint density at radius 1 is 1.42 bits per heavy atom. The van der Waals surface area contributed by atoms with Crippen LogP contribution in [0, 0.1) is 11.7 Å². The van der Waals surface area contributed by atoms with Gasteiger partial charge in [-0.05, 0) is 63.5 Å². The molecule has 2 nitrogen and oxygen atoms in total. The molecule has 1 unspecified atom stereocenters. The van der Waals surface area contributed by atoms with Crippen molar-refractivity contribution in [2.24, 2.45) is 5.92 Å². The van der Waals surface area contributed by atoms with Crippen molar-refractivity contribution >= 4 is 11.6 Å². The number of rotatable bonds is 4. The highest BCUT2D eigenvalue weighted by molar-refractivity contribution is 6.30. The molecule has 19 heavy (non-hydrogen) atoms. The van der Waals surface area contributed by atoms with Crippen LogP contribution in [-0.4, -0.2) is 31.1 Å². The van der Waals surface area contributed by atoms with Gasteiger partial charge in [0.05, 0.1) is 5.02 Å². The number of hydrogen-bond donors (Lipinski definition) is 1. The van der Waals surface area contributed by atoms with Crippen LogP contribution in [0.4, 0.5) is 4.39 Å². The lowest BCUT2D eigenvalue weighted by molar-refractivity contribution is 0.189. The summed E-state index contributed by atoms with van der Waals surface area (Å²) in [5.41, 5.74) is 1.03. The highest BCUT2D eigenvalue weighted by Crippen LogP contribution is 2.20. The molecule has 2 rings (SSSR count). The van der Waals surface area contributed by atoms with E-state index in [1.165, 1.54) is 32.0 Å². The molecule has 1 saturated heterocycles. The Morgan fingerprint density at radius 2 is 2.11 bits per heavy atom. The lowest BCUT2D eigenvalue weighted by Crippen LogP contribution is -2.40. The molecule has 0 bridgehead atoms. The average molecular weight is 285 g/mol. The zero-order chi connectivity index (χ0) is 13.8. The second-order valence-electron chi connectivity index (χ2n) is 5.56. The van der Waals surface area contributed by atoms with Crippen LogP contribution in [-0.2, 0) is 6.54 Å². The van der Waals surface area contributed by atoms with Gasteiger partial charge in [-0.25, -0.2) is 4.39 Å². The molecule has 4 heteroatoms. The van der Waals surface area contributed by atoms with E-state index in [0.717, 1.165) is 18.0 Å². The largest absolute Gasteiger partial charge is 0.310 e. The predicted octanol–water partition coefficient (Wildman–Crippen LogP) is 3.30. The Hall–Kier alpha value is -0.640. The van der Waals surface area contributed by atoms with Crippen molar-refractivity contribution in [1.82, 2.24) is 10.2 Å². The fourth-order valence-electron chi connectivity index (χ4n) is 2.62. The molecule has 1 aromatic carbocycles. The van der Waals surface area contributed by atoms with E-state index >= 15 is 0 Å². The maximum atomic E-state index is 13.1. The summed E-state index contributed by atoms with van der Waals surface area (Å²) in [6.07, 6.45) is 2.49. The van der Waals surface area contributed by atoms with Crippen LogP contribution in [0.2, 0.25) is 5.02 Å². The van der Waals surface area contributed by atoms with Crippen molar-refractivity contribution in [1.29, 1.82) is 0 Å². The molecule has 0 radical (unpaired) electrons. The van der Waals surface area contributed by atoms with Crippen LogP contribution in [0.3, 0.4) is 0 Å². The maximum Gasteiger partial charge on any atom is 0.141 e. The van der Waals surface area contributed by atoms with Crippen molar-refractivity contribution in [3.63, 3.8) is 0 Å². The van der Waals surface area contributed by atoms with E-state index in [0.29, 0.717) is 6.04 Å². The van der Waals surface area contributed by atoms with Crippen LogP contribution in [0.25, 0.3) is 0 Å². The number of piperidine rings is 1. The minimum absolute atomic E-state index is 0.200. The molecular weight excluding hydrogens is 263 g/mol. The summed E-state index contributed by atoms with van der Waals surface area (Å²) in [6, 6.07) is 5.40. The standard InChI is InChI=1S/C15H22ClFN2/c1-11(13-5-7-19(2)8-6-13)18-10-12-3-4-15(17)14(16)9-12/h3-4,9,11,13,18H,5-8,10H2,1-2H3. The number of likely N-dealkylation sites (tertiary alicyclic amines) is 1. The van der Waals surface area contributed by atoms with Gasteiger partial charge >= 0.3 is 0 Å². The van der Waals surface area contributed by atoms with E-state index in [9.17, 15) is 4.39 Å². The molecule has 0 amide bonds. The third-order valence-electron chi connectivity index (χ3n) is 4.08. The average Bonchev–Trinajstić information content (AvgIpc) is 2.40. The Labute approximate surface area is 119 Å². The van der Waals surface area contributed by atoms with Crippen LogP contribution in [0.15, 0.2) is 18.2 Å². The third kappa shape index (κ3) is 4.16. The van der Waals surface area contributed by atoms with E-state index in [-0.39, 0.29) is 10.8 Å². The van der Waals surface area contributed by atoms with Gasteiger partial charge in [-0.2, -0.15) is 0 Å². The van der Waals surface area contributed by atoms with Crippen molar-refractivity contribution in [2.75, 3.05) is 20.1 Å². The summed E-state index contributed by atoms with van der Waals surface area (Å²) in [5.74, 6) is 0.376. The first-order chi connectivity index (χ1) is 9.06. The van der Waals surface area contributed by atoms with Crippen LogP contribution >= 0.6 is 11.6 Å². The zero-order valence-electron chi connectivity index (χ0n) is 11.6. The molecule has 1 aliphatic heterocycles. The van der Waals surface area contributed by atoms with Gasteiger partial charge in [0.25, 0.3) is 0 Å². The van der Waals surface area contributed by atoms with E-state index < -0.39 is 0 Å². The van der Waals surface area contributed by atoms with Gasteiger partial charge in [0.15, 0.2) is 0 Å². The lowest BCUT2D eigenvalue weighted by atomic mass is 9.90. The highest BCUT2D eigenvalue weighted by atomic mass is 35.5. The number of nitrogens with zero attached hydrogens (tertiary/aromatic N) is 1. The second-order valence-corrected chi connectivity index (χ2v) is 5.97. The van der Waals surface area contributed by atoms with Crippen molar-refractivity contribution in [3.05, 3.63) is 34.6 Å². The molecule has 106 valence electrons. The monoisotopic (exact) mass is 284 g/mol. The molecule has 0 saturated carbocycles. The van der Waals surface area contributed by atoms with Crippen molar-refractivity contribution < 1.29 is 4.39 Å². The van der Waals surface area contributed by atoms with Crippen molar-refractivity contribution in [2.45, 2.75) is 32.4 Å². The van der Waals surface area contributed by atoms with Gasteiger partial charge in [0, 0.05) is 12.6 Å². The van der Waals surface area contributed by atoms with Gasteiger partial charge in [-0.1, -0.05) is 17.7 Å². The van der Waals surface area contributed by atoms with Gasteiger partial charge in [0.1, 0.15) is 5.82 Å². The zero-order valence-corrected chi connectivity index (χ0v) is 12.4. The first kappa shape index (κ1) is 14.8. The molecule has 0 spiro atoms. The highest BCUT2D eigenvalue weighted by Gasteiger charge is 2.21. The molecule has 1 aromatic rings. The fourth-order valence-corrected chi connectivity index (χ4v) is 2.83. The first-order valence-electron chi connectivity index (χ1n) is 6.92. The second kappa shape index (κ2) is 6.69.